The molecule has 0 spiro atoms. The summed E-state index contributed by atoms with van der Waals surface area (Å²) in [6.07, 6.45) is 4.27. The van der Waals surface area contributed by atoms with Crippen molar-refractivity contribution in [3.05, 3.63) is 72.3 Å². The molecule has 0 saturated carbocycles. The largest absolute Gasteiger partial charge is 0.507 e. The van der Waals surface area contributed by atoms with Gasteiger partial charge in [-0.05, 0) is 42.8 Å². The number of aromatic nitrogens is 3. The minimum atomic E-state index is 0.191. The van der Waals surface area contributed by atoms with E-state index in [1.165, 1.54) is 0 Å². The molecule has 3 N–H and O–H groups in total. The van der Waals surface area contributed by atoms with Crippen LogP contribution in [0.4, 0.5) is 5.82 Å². The lowest BCUT2D eigenvalue weighted by Gasteiger charge is -2.13. The van der Waals surface area contributed by atoms with Gasteiger partial charge in [-0.15, -0.1) is 0 Å². The zero-order valence-electron chi connectivity index (χ0n) is 17.1. The third kappa shape index (κ3) is 3.90. The number of ether oxygens (including phenoxy) is 2. The number of nitrogens with one attached hydrogen (secondary N) is 2. The first-order valence-corrected chi connectivity index (χ1v) is 10.1. The highest BCUT2D eigenvalue weighted by Crippen LogP contribution is 2.43. The van der Waals surface area contributed by atoms with Crippen molar-refractivity contribution in [3.63, 3.8) is 0 Å². The minimum Gasteiger partial charge on any atom is -0.507 e. The Morgan fingerprint density at radius 1 is 1.10 bits per heavy atom. The van der Waals surface area contributed by atoms with Crippen LogP contribution in [0.2, 0.25) is 0 Å². The van der Waals surface area contributed by atoms with E-state index in [4.69, 9.17) is 14.5 Å². The first-order chi connectivity index (χ1) is 15.2. The number of imidazole rings is 1. The molecule has 31 heavy (non-hydrogen) atoms. The van der Waals surface area contributed by atoms with Crippen molar-refractivity contribution in [1.82, 2.24) is 15.0 Å². The summed E-state index contributed by atoms with van der Waals surface area (Å²) < 4.78 is 11.3. The second kappa shape index (κ2) is 8.02. The van der Waals surface area contributed by atoms with Crippen LogP contribution in [-0.4, -0.2) is 33.4 Å². The molecule has 0 aliphatic carbocycles. The number of hydrogen-bond acceptors (Lipinski definition) is 6. The summed E-state index contributed by atoms with van der Waals surface area (Å²) in [4.78, 5) is 11.9. The standard InChI is InChI=1S/C24H22N4O3/c1-15-5-6-21(29)19(9-15)20-10-16(18-3-2-4-22-24(18)31-14-30-22)11-23(28-20)26-8-7-17-12-25-13-27-17/h2-6,9-13,29H,7-8,14H2,1H3,(H,25,27)(H,26,28). The third-order valence-electron chi connectivity index (χ3n) is 5.22. The summed E-state index contributed by atoms with van der Waals surface area (Å²) >= 11 is 0. The van der Waals surface area contributed by atoms with Crippen LogP contribution < -0.4 is 14.8 Å². The number of hydrogen-bond donors (Lipinski definition) is 3. The number of phenolic OH excluding ortho intramolecular Hbond substituents is 1. The van der Waals surface area contributed by atoms with Gasteiger partial charge in [0.15, 0.2) is 11.5 Å². The fourth-order valence-corrected chi connectivity index (χ4v) is 3.67. The lowest BCUT2D eigenvalue weighted by Crippen LogP contribution is -2.07. The quantitative estimate of drug-likeness (QED) is 0.429. The number of phenols is 1. The van der Waals surface area contributed by atoms with Gasteiger partial charge in [-0.3, -0.25) is 0 Å². The predicted octanol–water partition coefficient (Wildman–Crippen LogP) is 4.54. The maximum atomic E-state index is 10.5. The topological polar surface area (TPSA) is 92.3 Å². The molecule has 2 aromatic carbocycles. The van der Waals surface area contributed by atoms with E-state index < -0.39 is 0 Å². The summed E-state index contributed by atoms with van der Waals surface area (Å²) in [6.45, 7) is 2.88. The van der Waals surface area contributed by atoms with Crippen LogP contribution in [-0.2, 0) is 6.42 Å². The van der Waals surface area contributed by atoms with Crippen molar-refractivity contribution in [2.24, 2.45) is 0 Å². The van der Waals surface area contributed by atoms with Gasteiger partial charge in [0.25, 0.3) is 0 Å². The Labute approximate surface area is 179 Å². The number of aromatic hydroxyl groups is 1. The fourth-order valence-electron chi connectivity index (χ4n) is 3.67. The number of para-hydroxylation sites is 1. The second-order valence-electron chi connectivity index (χ2n) is 7.44. The fraction of sp³-hybridized carbons (Fsp3) is 0.167. The number of aromatic amines is 1. The van der Waals surface area contributed by atoms with Gasteiger partial charge in [0.2, 0.25) is 6.79 Å². The molecule has 0 fully saturated rings. The van der Waals surface area contributed by atoms with Gasteiger partial charge in [-0.25, -0.2) is 9.97 Å². The van der Waals surface area contributed by atoms with Crippen LogP contribution >= 0.6 is 0 Å². The van der Waals surface area contributed by atoms with E-state index in [0.29, 0.717) is 23.6 Å². The minimum absolute atomic E-state index is 0.191. The zero-order valence-corrected chi connectivity index (χ0v) is 17.1. The first kappa shape index (κ1) is 19.0. The molecule has 0 unspecified atom stereocenters. The Balaban J connectivity index is 1.55. The van der Waals surface area contributed by atoms with Gasteiger partial charge in [-0.1, -0.05) is 23.8 Å². The number of aryl methyl sites for hydroxylation is 1. The molecule has 5 rings (SSSR count). The number of H-pyrrole nitrogens is 1. The smallest absolute Gasteiger partial charge is 0.231 e. The molecule has 1 aliphatic rings. The third-order valence-corrected chi connectivity index (χ3v) is 5.22. The van der Waals surface area contributed by atoms with Crippen molar-refractivity contribution < 1.29 is 14.6 Å². The number of pyridine rings is 1. The molecular formula is C24H22N4O3. The van der Waals surface area contributed by atoms with E-state index in [1.54, 1.807) is 12.4 Å². The van der Waals surface area contributed by atoms with Gasteiger partial charge in [0.05, 0.1) is 12.0 Å². The first-order valence-electron chi connectivity index (χ1n) is 10.1. The van der Waals surface area contributed by atoms with Gasteiger partial charge >= 0.3 is 0 Å². The highest BCUT2D eigenvalue weighted by molar-refractivity contribution is 5.81. The lowest BCUT2D eigenvalue weighted by molar-refractivity contribution is 0.174. The molecule has 0 bridgehead atoms. The number of rotatable bonds is 6. The molecule has 4 aromatic rings. The summed E-state index contributed by atoms with van der Waals surface area (Å²) in [5, 5.41) is 13.9. The van der Waals surface area contributed by atoms with Crippen LogP contribution in [0.3, 0.4) is 0 Å². The maximum absolute atomic E-state index is 10.5. The molecule has 156 valence electrons. The Bertz CT molecular complexity index is 1220. The van der Waals surface area contributed by atoms with Crippen molar-refractivity contribution in [1.29, 1.82) is 0 Å². The Morgan fingerprint density at radius 3 is 2.90 bits per heavy atom. The van der Waals surface area contributed by atoms with E-state index in [1.807, 2.05) is 55.6 Å². The molecule has 1 aliphatic heterocycles. The molecule has 0 atom stereocenters. The predicted molar refractivity (Wildman–Crippen MR) is 118 cm³/mol. The van der Waals surface area contributed by atoms with E-state index in [9.17, 15) is 5.11 Å². The number of nitrogens with zero attached hydrogens (tertiary/aromatic N) is 2. The van der Waals surface area contributed by atoms with Crippen LogP contribution in [0, 0.1) is 6.92 Å². The molecular weight excluding hydrogens is 392 g/mol. The second-order valence-corrected chi connectivity index (χ2v) is 7.44. The van der Waals surface area contributed by atoms with E-state index in [-0.39, 0.29) is 12.5 Å². The lowest BCUT2D eigenvalue weighted by atomic mass is 10.0. The average molecular weight is 414 g/mol. The number of benzene rings is 2. The summed E-state index contributed by atoms with van der Waals surface area (Å²) in [5.41, 5.74) is 5.31. The van der Waals surface area contributed by atoms with Crippen molar-refractivity contribution in [2.45, 2.75) is 13.3 Å². The van der Waals surface area contributed by atoms with Crippen LogP contribution in [0.1, 0.15) is 11.3 Å². The highest BCUT2D eigenvalue weighted by Gasteiger charge is 2.20. The van der Waals surface area contributed by atoms with Gasteiger partial charge in [-0.2, -0.15) is 0 Å². The van der Waals surface area contributed by atoms with Gasteiger partial charge in [0, 0.05) is 36.0 Å². The van der Waals surface area contributed by atoms with Gasteiger partial charge < -0.3 is 24.9 Å². The van der Waals surface area contributed by atoms with Crippen molar-refractivity contribution in [3.8, 4) is 39.6 Å². The summed E-state index contributed by atoms with van der Waals surface area (Å²) in [5.74, 6) is 2.35. The number of fused-ring (bicyclic) bond motifs is 1. The number of anilines is 1. The maximum Gasteiger partial charge on any atom is 0.231 e. The van der Waals surface area contributed by atoms with E-state index in [2.05, 4.69) is 15.3 Å². The zero-order chi connectivity index (χ0) is 21.2. The van der Waals surface area contributed by atoms with Crippen LogP contribution in [0.5, 0.6) is 17.2 Å². The van der Waals surface area contributed by atoms with E-state index >= 15 is 0 Å². The molecule has 7 nitrogen and oxygen atoms in total. The van der Waals surface area contributed by atoms with Gasteiger partial charge in [0.1, 0.15) is 11.6 Å². The normalized spacial score (nSPS) is 12.2. The summed E-state index contributed by atoms with van der Waals surface area (Å²) in [7, 11) is 0. The van der Waals surface area contributed by atoms with E-state index in [0.717, 1.165) is 40.3 Å². The Hall–Kier alpha value is -4.00. The highest BCUT2D eigenvalue weighted by atomic mass is 16.7. The monoisotopic (exact) mass is 414 g/mol. The van der Waals surface area contributed by atoms with Crippen LogP contribution in [0.15, 0.2) is 61.1 Å². The Kier molecular flexibility index (Phi) is 4.92. The van der Waals surface area contributed by atoms with Crippen molar-refractivity contribution in [2.75, 3.05) is 18.7 Å². The summed E-state index contributed by atoms with van der Waals surface area (Å²) in [6, 6.07) is 15.3. The van der Waals surface area contributed by atoms with Crippen LogP contribution in [0.25, 0.3) is 22.4 Å². The molecule has 7 heteroatoms. The Morgan fingerprint density at radius 2 is 2.03 bits per heavy atom. The molecule has 0 amide bonds. The molecule has 0 saturated heterocycles. The molecule has 2 aromatic heterocycles. The molecule has 0 radical (unpaired) electrons. The van der Waals surface area contributed by atoms with Crippen molar-refractivity contribution >= 4 is 5.82 Å². The molecule has 3 heterocycles. The SMILES string of the molecule is Cc1ccc(O)c(-c2cc(-c3cccc4c3OCO4)cc(NCCc3cnc[nH]3)n2)c1. The average Bonchev–Trinajstić information content (AvgIpc) is 3.47.